The number of methoxy groups -OCH3 is 1. The van der Waals surface area contributed by atoms with E-state index in [0.717, 1.165) is 28.6 Å². The van der Waals surface area contributed by atoms with Gasteiger partial charge in [0.15, 0.2) is 0 Å². The van der Waals surface area contributed by atoms with Gasteiger partial charge in [0, 0.05) is 55.2 Å². The Labute approximate surface area is 132 Å². The predicted octanol–water partition coefficient (Wildman–Crippen LogP) is 1.86. The fourth-order valence-corrected chi connectivity index (χ4v) is 3.05. The van der Waals surface area contributed by atoms with Crippen molar-refractivity contribution in [2.75, 3.05) is 26.1 Å². The van der Waals surface area contributed by atoms with Crippen LogP contribution >= 0.6 is 0 Å². The SMILES string of the molecule is COC1(c2cncc(-c3nc(N)nc4[nH]ccc34)c2)CCOC1. The Hall–Kier alpha value is -2.51. The summed E-state index contributed by atoms with van der Waals surface area (Å²) in [4.78, 5) is 16.0. The van der Waals surface area contributed by atoms with Gasteiger partial charge in [0.1, 0.15) is 11.2 Å². The van der Waals surface area contributed by atoms with Crippen molar-refractivity contribution in [3.05, 3.63) is 36.3 Å². The Morgan fingerprint density at radius 3 is 3.04 bits per heavy atom. The maximum Gasteiger partial charge on any atom is 0.222 e. The molecule has 0 saturated carbocycles. The molecule has 0 aliphatic carbocycles. The lowest BCUT2D eigenvalue weighted by molar-refractivity contribution is -0.0215. The number of pyridine rings is 1. The summed E-state index contributed by atoms with van der Waals surface area (Å²) in [5.74, 6) is 0.228. The molecule has 7 nitrogen and oxygen atoms in total. The third-order valence-corrected chi connectivity index (χ3v) is 4.35. The molecule has 23 heavy (non-hydrogen) atoms. The van der Waals surface area contributed by atoms with E-state index in [0.29, 0.717) is 18.9 Å². The van der Waals surface area contributed by atoms with Crippen molar-refractivity contribution in [1.82, 2.24) is 19.9 Å². The summed E-state index contributed by atoms with van der Waals surface area (Å²) in [5, 5.41) is 0.910. The van der Waals surface area contributed by atoms with E-state index in [1.54, 1.807) is 13.3 Å². The molecule has 3 aromatic heterocycles. The Kier molecular flexibility index (Phi) is 3.24. The van der Waals surface area contributed by atoms with Gasteiger partial charge in [-0.05, 0) is 12.1 Å². The first-order valence-electron chi connectivity index (χ1n) is 7.41. The summed E-state index contributed by atoms with van der Waals surface area (Å²) in [7, 11) is 1.70. The largest absolute Gasteiger partial charge is 0.378 e. The van der Waals surface area contributed by atoms with Gasteiger partial charge < -0.3 is 20.2 Å². The first-order valence-corrected chi connectivity index (χ1v) is 7.41. The van der Waals surface area contributed by atoms with Gasteiger partial charge in [-0.1, -0.05) is 0 Å². The second kappa shape index (κ2) is 5.29. The summed E-state index contributed by atoms with van der Waals surface area (Å²) >= 11 is 0. The number of nitrogens with two attached hydrogens (primary N) is 1. The van der Waals surface area contributed by atoms with Crippen LogP contribution in [-0.4, -0.2) is 40.3 Å². The van der Waals surface area contributed by atoms with Gasteiger partial charge >= 0.3 is 0 Å². The molecule has 1 atom stereocenters. The minimum absolute atomic E-state index is 0.228. The van der Waals surface area contributed by atoms with Gasteiger partial charge in [-0.25, -0.2) is 4.98 Å². The molecule has 1 aliphatic rings. The highest BCUT2D eigenvalue weighted by molar-refractivity contribution is 5.91. The number of anilines is 1. The van der Waals surface area contributed by atoms with Crippen molar-refractivity contribution >= 4 is 17.0 Å². The number of hydrogen-bond acceptors (Lipinski definition) is 6. The van der Waals surface area contributed by atoms with E-state index in [4.69, 9.17) is 15.2 Å². The van der Waals surface area contributed by atoms with Crippen LogP contribution in [0.25, 0.3) is 22.3 Å². The molecule has 1 unspecified atom stereocenters. The third-order valence-electron chi connectivity index (χ3n) is 4.35. The zero-order valence-corrected chi connectivity index (χ0v) is 12.7. The van der Waals surface area contributed by atoms with Gasteiger partial charge in [-0.15, -0.1) is 0 Å². The number of rotatable bonds is 3. The fraction of sp³-hybridized carbons (Fsp3) is 0.312. The molecular formula is C16H17N5O2. The number of ether oxygens (including phenoxy) is 2. The van der Waals surface area contributed by atoms with Gasteiger partial charge in [0.25, 0.3) is 0 Å². The standard InChI is InChI=1S/C16H17N5O2/c1-22-16(3-5-23-9-16)11-6-10(7-18-8-11)13-12-2-4-19-14(12)21-15(17)20-13/h2,4,6-8H,3,5,9H2,1H3,(H3,17,19,20,21). The van der Waals surface area contributed by atoms with Crippen LogP contribution in [0, 0.1) is 0 Å². The molecule has 4 heterocycles. The molecule has 1 aliphatic heterocycles. The first-order chi connectivity index (χ1) is 11.2. The van der Waals surface area contributed by atoms with Crippen molar-refractivity contribution in [2.45, 2.75) is 12.0 Å². The van der Waals surface area contributed by atoms with E-state index in [-0.39, 0.29) is 5.95 Å². The van der Waals surface area contributed by atoms with Crippen LogP contribution in [0.15, 0.2) is 30.7 Å². The molecule has 0 bridgehead atoms. The van der Waals surface area contributed by atoms with Crippen LogP contribution < -0.4 is 5.73 Å². The van der Waals surface area contributed by atoms with Gasteiger partial charge in [-0.3, -0.25) is 4.98 Å². The Morgan fingerprint density at radius 1 is 1.35 bits per heavy atom. The van der Waals surface area contributed by atoms with E-state index >= 15 is 0 Å². The maximum absolute atomic E-state index is 5.83. The van der Waals surface area contributed by atoms with Crippen LogP contribution in [0.4, 0.5) is 5.95 Å². The third kappa shape index (κ3) is 2.25. The lowest BCUT2D eigenvalue weighted by Crippen LogP contribution is -2.28. The number of nitrogens with one attached hydrogen (secondary N) is 1. The molecule has 0 radical (unpaired) electrons. The highest BCUT2D eigenvalue weighted by Gasteiger charge is 2.37. The molecule has 0 aromatic carbocycles. The van der Waals surface area contributed by atoms with Crippen molar-refractivity contribution in [1.29, 1.82) is 0 Å². The first kappa shape index (κ1) is 14.1. The summed E-state index contributed by atoms with van der Waals surface area (Å²) in [6.07, 6.45) is 6.22. The second-order valence-corrected chi connectivity index (χ2v) is 5.63. The van der Waals surface area contributed by atoms with E-state index < -0.39 is 5.60 Å². The quantitative estimate of drug-likeness (QED) is 0.766. The van der Waals surface area contributed by atoms with Crippen molar-refractivity contribution in [3.63, 3.8) is 0 Å². The fourth-order valence-electron chi connectivity index (χ4n) is 3.05. The average Bonchev–Trinajstić information content (AvgIpc) is 3.23. The van der Waals surface area contributed by atoms with E-state index in [1.807, 2.05) is 24.5 Å². The van der Waals surface area contributed by atoms with Crippen LogP contribution in [-0.2, 0) is 15.1 Å². The average molecular weight is 311 g/mol. The highest BCUT2D eigenvalue weighted by Crippen LogP contribution is 2.36. The van der Waals surface area contributed by atoms with Gasteiger partial charge in [0.05, 0.1) is 12.3 Å². The molecular weight excluding hydrogens is 294 g/mol. The minimum atomic E-state index is -0.446. The van der Waals surface area contributed by atoms with Crippen molar-refractivity contribution < 1.29 is 9.47 Å². The summed E-state index contributed by atoms with van der Waals surface area (Å²) < 4.78 is 11.3. The number of nitrogens with zero attached hydrogens (tertiary/aromatic N) is 3. The number of aromatic nitrogens is 4. The molecule has 0 spiro atoms. The van der Waals surface area contributed by atoms with Crippen molar-refractivity contribution in [2.24, 2.45) is 0 Å². The molecule has 1 saturated heterocycles. The topological polar surface area (TPSA) is 98.9 Å². The molecule has 3 N–H and O–H groups in total. The van der Waals surface area contributed by atoms with Gasteiger partial charge in [-0.2, -0.15) is 4.98 Å². The lowest BCUT2D eigenvalue weighted by Gasteiger charge is -2.26. The smallest absolute Gasteiger partial charge is 0.222 e. The monoisotopic (exact) mass is 311 g/mol. The van der Waals surface area contributed by atoms with Gasteiger partial charge in [0.2, 0.25) is 5.95 Å². The van der Waals surface area contributed by atoms with E-state index in [9.17, 15) is 0 Å². The Balaban J connectivity index is 1.86. The summed E-state index contributed by atoms with van der Waals surface area (Å²) in [5.41, 5.74) is 8.71. The highest BCUT2D eigenvalue weighted by atomic mass is 16.5. The summed E-state index contributed by atoms with van der Waals surface area (Å²) in [6.45, 7) is 1.21. The molecule has 3 aromatic rings. The molecule has 4 rings (SSSR count). The summed E-state index contributed by atoms with van der Waals surface area (Å²) in [6, 6.07) is 3.97. The van der Waals surface area contributed by atoms with Crippen LogP contribution in [0.3, 0.4) is 0 Å². The zero-order valence-electron chi connectivity index (χ0n) is 12.7. The second-order valence-electron chi connectivity index (χ2n) is 5.63. The van der Waals surface area contributed by atoms with Crippen LogP contribution in [0.1, 0.15) is 12.0 Å². The minimum Gasteiger partial charge on any atom is -0.378 e. The number of nitrogen functional groups attached to an aromatic ring is 1. The zero-order chi connectivity index (χ0) is 15.9. The molecule has 1 fully saturated rings. The normalized spacial score (nSPS) is 21.1. The predicted molar refractivity (Wildman–Crippen MR) is 85.7 cm³/mol. The van der Waals surface area contributed by atoms with E-state index in [1.165, 1.54) is 0 Å². The van der Waals surface area contributed by atoms with Crippen molar-refractivity contribution in [3.8, 4) is 11.3 Å². The lowest BCUT2D eigenvalue weighted by atomic mass is 9.92. The maximum atomic E-state index is 5.83. The number of hydrogen-bond donors (Lipinski definition) is 2. The van der Waals surface area contributed by atoms with Crippen LogP contribution in [0.5, 0.6) is 0 Å². The van der Waals surface area contributed by atoms with Crippen LogP contribution in [0.2, 0.25) is 0 Å². The number of H-pyrrole nitrogens is 1. The van der Waals surface area contributed by atoms with E-state index in [2.05, 4.69) is 19.9 Å². The molecule has 118 valence electrons. The Morgan fingerprint density at radius 2 is 2.26 bits per heavy atom. The number of fused-ring (bicyclic) bond motifs is 1. The molecule has 7 heteroatoms. The number of aromatic amines is 1. The molecule has 0 amide bonds. The Bertz CT molecular complexity index is 855.